The number of rotatable bonds is 6. The highest BCUT2D eigenvalue weighted by Gasteiger charge is 2.35. The van der Waals surface area contributed by atoms with Gasteiger partial charge in [-0.05, 0) is 30.5 Å². The lowest BCUT2D eigenvalue weighted by atomic mass is 9.79. The normalized spacial score (nSPS) is 16.4. The Hall–Kier alpha value is -1.89. The smallest absolute Gasteiger partial charge is 0.277 e. The molecule has 0 saturated heterocycles. The Morgan fingerprint density at radius 1 is 1.22 bits per heavy atom. The van der Waals surface area contributed by atoms with Crippen LogP contribution in [0.1, 0.15) is 57.9 Å². The number of carbonyl (C=O) groups is 1. The Morgan fingerprint density at radius 3 is 2.48 bits per heavy atom. The molecule has 1 aliphatic rings. The van der Waals surface area contributed by atoms with E-state index in [1.807, 2.05) is 32.9 Å². The average molecular weight is 392 g/mol. The summed E-state index contributed by atoms with van der Waals surface area (Å²) < 4.78 is 18.9. The van der Waals surface area contributed by atoms with Gasteiger partial charge in [0.25, 0.3) is 5.22 Å². The molecule has 5 nitrogen and oxygen atoms in total. The lowest BCUT2D eigenvalue weighted by Gasteiger charge is -2.30. The number of carbonyl (C=O) groups excluding carboxylic acids is 1. The molecular weight excluding hydrogens is 365 g/mol. The number of hydrogen-bond acceptors (Lipinski definition) is 5. The van der Waals surface area contributed by atoms with Gasteiger partial charge in [-0.3, -0.25) is 4.79 Å². The van der Waals surface area contributed by atoms with Crippen LogP contribution in [0.4, 0.5) is 4.39 Å². The zero-order valence-corrected chi connectivity index (χ0v) is 16.9. The van der Waals surface area contributed by atoms with Crippen molar-refractivity contribution >= 4 is 17.7 Å². The van der Waals surface area contributed by atoms with Gasteiger partial charge in [-0.15, -0.1) is 10.2 Å². The molecule has 1 aliphatic carbocycles. The van der Waals surface area contributed by atoms with Crippen LogP contribution in [-0.4, -0.2) is 28.4 Å². The molecule has 0 aliphatic heterocycles. The molecule has 146 valence electrons. The predicted octanol–water partition coefficient (Wildman–Crippen LogP) is 4.23. The fourth-order valence-electron chi connectivity index (χ4n) is 3.44. The van der Waals surface area contributed by atoms with E-state index in [9.17, 15) is 9.18 Å². The zero-order valence-electron chi connectivity index (χ0n) is 16.0. The van der Waals surface area contributed by atoms with Gasteiger partial charge in [0.2, 0.25) is 11.8 Å². The largest absolute Gasteiger partial charge is 0.415 e. The molecule has 1 aromatic carbocycles. The first-order valence-corrected chi connectivity index (χ1v) is 10.3. The van der Waals surface area contributed by atoms with Gasteiger partial charge in [0.05, 0.1) is 5.75 Å². The SMILES string of the molecule is CC(C)(C)c1nnc(SCC(=O)NCC2(c3ccc(F)cc3)CCCC2)o1. The Bertz CT molecular complexity index is 777. The predicted molar refractivity (Wildman–Crippen MR) is 103 cm³/mol. The van der Waals surface area contributed by atoms with E-state index < -0.39 is 0 Å². The van der Waals surface area contributed by atoms with Gasteiger partial charge in [0.1, 0.15) is 5.82 Å². The molecule has 2 aromatic rings. The Morgan fingerprint density at radius 2 is 1.89 bits per heavy atom. The fraction of sp³-hybridized carbons (Fsp3) is 0.550. The van der Waals surface area contributed by atoms with Crippen molar-refractivity contribution in [2.24, 2.45) is 0 Å². The molecule has 1 fully saturated rings. The maximum atomic E-state index is 13.3. The van der Waals surface area contributed by atoms with Gasteiger partial charge in [-0.25, -0.2) is 4.39 Å². The Kier molecular flexibility index (Phi) is 5.89. The molecule has 3 rings (SSSR count). The summed E-state index contributed by atoms with van der Waals surface area (Å²) in [5.41, 5.74) is 0.789. The van der Waals surface area contributed by atoms with Crippen LogP contribution < -0.4 is 5.32 Å². The highest BCUT2D eigenvalue weighted by molar-refractivity contribution is 7.99. The van der Waals surface area contributed by atoms with Crippen molar-refractivity contribution in [3.05, 3.63) is 41.5 Å². The molecule has 27 heavy (non-hydrogen) atoms. The minimum Gasteiger partial charge on any atom is -0.415 e. The molecule has 0 unspecified atom stereocenters. The highest BCUT2D eigenvalue weighted by Crippen LogP contribution is 2.40. The number of hydrogen-bond donors (Lipinski definition) is 1. The van der Waals surface area contributed by atoms with Crippen molar-refractivity contribution in [3.63, 3.8) is 0 Å². The summed E-state index contributed by atoms with van der Waals surface area (Å²) in [7, 11) is 0. The highest BCUT2D eigenvalue weighted by atomic mass is 32.2. The topological polar surface area (TPSA) is 68.0 Å². The second-order valence-electron chi connectivity index (χ2n) is 8.18. The molecular formula is C20H26FN3O2S. The third-order valence-electron chi connectivity index (χ3n) is 5.02. The van der Waals surface area contributed by atoms with Crippen molar-refractivity contribution < 1.29 is 13.6 Å². The maximum Gasteiger partial charge on any atom is 0.277 e. The van der Waals surface area contributed by atoms with E-state index in [-0.39, 0.29) is 28.3 Å². The van der Waals surface area contributed by atoms with Crippen molar-refractivity contribution in [2.75, 3.05) is 12.3 Å². The summed E-state index contributed by atoms with van der Waals surface area (Å²) in [6.45, 7) is 6.56. The number of nitrogens with zero attached hydrogens (tertiary/aromatic N) is 2. The summed E-state index contributed by atoms with van der Waals surface area (Å²) in [6.07, 6.45) is 4.26. The van der Waals surface area contributed by atoms with Gasteiger partial charge in [0.15, 0.2) is 0 Å². The van der Waals surface area contributed by atoms with Crippen molar-refractivity contribution in [1.82, 2.24) is 15.5 Å². The first-order valence-electron chi connectivity index (χ1n) is 9.28. The molecule has 0 bridgehead atoms. The Balaban J connectivity index is 1.55. The molecule has 1 saturated carbocycles. The zero-order chi connectivity index (χ0) is 19.5. The van der Waals surface area contributed by atoms with Crippen LogP contribution in [0.15, 0.2) is 33.9 Å². The van der Waals surface area contributed by atoms with E-state index in [4.69, 9.17) is 4.42 Å². The van der Waals surface area contributed by atoms with Crippen molar-refractivity contribution in [2.45, 2.75) is 62.5 Å². The number of thioether (sulfide) groups is 1. The fourth-order valence-corrected chi connectivity index (χ4v) is 4.03. The van der Waals surface area contributed by atoms with Crippen LogP contribution in [-0.2, 0) is 15.6 Å². The summed E-state index contributed by atoms with van der Waals surface area (Å²) in [5, 5.41) is 11.5. The molecule has 1 N–H and O–H groups in total. The minimum absolute atomic E-state index is 0.0658. The number of halogens is 1. The third-order valence-corrected chi connectivity index (χ3v) is 5.83. The monoisotopic (exact) mass is 391 g/mol. The van der Waals surface area contributed by atoms with Crippen LogP contribution in [0.2, 0.25) is 0 Å². The van der Waals surface area contributed by atoms with Gasteiger partial charge in [-0.1, -0.05) is 57.5 Å². The van der Waals surface area contributed by atoms with Gasteiger partial charge in [-0.2, -0.15) is 0 Å². The van der Waals surface area contributed by atoms with Crippen molar-refractivity contribution in [1.29, 1.82) is 0 Å². The minimum atomic E-state index is -0.235. The molecule has 1 heterocycles. The van der Waals surface area contributed by atoms with Crippen LogP contribution >= 0.6 is 11.8 Å². The molecule has 1 amide bonds. The second kappa shape index (κ2) is 8.00. The van der Waals surface area contributed by atoms with Crippen LogP contribution in [0.25, 0.3) is 0 Å². The summed E-state index contributed by atoms with van der Waals surface area (Å²) in [6, 6.07) is 6.67. The van der Waals surface area contributed by atoms with E-state index in [1.54, 1.807) is 0 Å². The van der Waals surface area contributed by atoms with Crippen molar-refractivity contribution in [3.8, 4) is 0 Å². The molecule has 1 aromatic heterocycles. The van der Waals surface area contributed by atoms with E-state index in [1.165, 1.54) is 23.9 Å². The molecule has 7 heteroatoms. The number of aromatic nitrogens is 2. The maximum absolute atomic E-state index is 13.3. The summed E-state index contributed by atoms with van der Waals surface area (Å²) >= 11 is 1.24. The van der Waals surface area contributed by atoms with Crippen LogP contribution in [0.5, 0.6) is 0 Å². The van der Waals surface area contributed by atoms with E-state index in [2.05, 4.69) is 15.5 Å². The first-order chi connectivity index (χ1) is 12.8. The van der Waals surface area contributed by atoms with E-state index in [0.717, 1.165) is 31.2 Å². The number of amides is 1. The van der Waals surface area contributed by atoms with E-state index >= 15 is 0 Å². The number of benzene rings is 1. The average Bonchev–Trinajstić information content (AvgIpc) is 3.29. The quantitative estimate of drug-likeness (QED) is 0.747. The second-order valence-corrected chi connectivity index (χ2v) is 9.11. The summed E-state index contributed by atoms with van der Waals surface area (Å²) in [5.74, 6) is 0.489. The van der Waals surface area contributed by atoms with E-state index in [0.29, 0.717) is 17.7 Å². The van der Waals surface area contributed by atoms with Crippen LogP contribution in [0, 0.1) is 5.82 Å². The third kappa shape index (κ3) is 4.89. The lowest BCUT2D eigenvalue weighted by molar-refractivity contribution is -0.118. The molecule has 0 radical (unpaired) electrons. The standard InChI is InChI=1S/C20H26FN3O2S/c1-19(2,3)17-23-24-18(26-17)27-12-16(25)22-13-20(10-4-5-11-20)14-6-8-15(21)9-7-14/h6-9H,4-5,10-13H2,1-3H3,(H,22,25). The van der Waals surface area contributed by atoms with Crippen LogP contribution in [0.3, 0.4) is 0 Å². The summed E-state index contributed by atoms with van der Waals surface area (Å²) in [4.78, 5) is 12.3. The first kappa shape index (κ1) is 19.9. The van der Waals surface area contributed by atoms with Gasteiger partial charge < -0.3 is 9.73 Å². The lowest BCUT2D eigenvalue weighted by Crippen LogP contribution is -2.39. The molecule has 0 spiro atoms. The van der Waals surface area contributed by atoms with Gasteiger partial charge >= 0.3 is 0 Å². The molecule has 0 atom stereocenters. The Labute approximate surface area is 163 Å². The number of nitrogens with one attached hydrogen (secondary N) is 1. The van der Waals surface area contributed by atoms with Gasteiger partial charge in [0, 0.05) is 17.4 Å².